The summed E-state index contributed by atoms with van der Waals surface area (Å²) >= 11 is 0. The maximum atomic E-state index is 12.9. The summed E-state index contributed by atoms with van der Waals surface area (Å²) in [5, 5.41) is 2.87. The molecule has 216 valence electrons. The normalized spacial score (nSPS) is 11.0. The highest BCUT2D eigenvalue weighted by molar-refractivity contribution is 6.04. The van der Waals surface area contributed by atoms with Gasteiger partial charge in [0, 0.05) is 49.4 Å². The van der Waals surface area contributed by atoms with E-state index in [0.717, 1.165) is 24.0 Å². The lowest BCUT2D eigenvalue weighted by Gasteiger charge is -2.14. The Labute approximate surface area is 241 Å². The third kappa shape index (κ3) is 7.98. The molecule has 0 fully saturated rings. The molecule has 41 heavy (non-hydrogen) atoms. The summed E-state index contributed by atoms with van der Waals surface area (Å²) in [7, 11) is 5.61. The minimum Gasteiger partial charge on any atom is -0.382 e. The van der Waals surface area contributed by atoms with Crippen LogP contribution < -0.4 is 11.1 Å². The summed E-state index contributed by atoms with van der Waals surface area (Å²) in [6, 6.07) is 11.0. The van der Waals surface area contributed by atoms with Gasteiger partial charge in [0.25, 0.3) is 5.91 Å². The van der Waals surface area contributed by atoms with Gasteiger partial charge in [-0.25, -0.2) is 15.0 Å². The molecular formula is C31H40N8O2. The molecule has 3 heterocycles. The summed E-state index contributed by atoms with van der Waals surface area (Å²) in [6.07, 6.45) is 10.4. The predicted octanol–water partition coefficient (Wildman–Crippen LogP) is 4.68. The molecule has 0 aliphatic carbocycles. The monoisotopic (exact) mass is 556 g/mol. The molecule has 10 heteroatoms. The van der Waals surface area contributed by atoms with Gasteiger partial charge >= 0.3 is 0 Å². The molecule has 2 amide bonds. The van der Waals surface area contributed by atoms with Crippen LogP contribution in [0.4, 0.5) is 11.6 Å². The van der Waals surface area contributed by atoms with Crippen LogP contribution >= 0.6 is 0 Å². The van der Waals surface area contributed by atoms with Gasteiger partial charge in [0.05, 0.1) is 6.54 Å². The zero-order valence-corrected chi connectivity index (χ0v) is 24.8. The predicted molar refractivity (Wildman–Crippen MR) is 165 cm³/mol. The Morgan fingerprint density at radius 1 is 1.05 bits per heavy atom. The molecular weight excluding hydrogens is 516 g/mol. The Kier molecular flexibility index (Phi) is 11.1. The smallest absolute Gasteiger partial charge is 0.256 e. The second kappa shape index (κ2) is 14.7. The first-order valence-electron chi connectivity index (χ1n) is 13.8. The highest BCUT2D eigenvalue weighted by atomic mass is 16.2. The number of benzene rings is 1. The lowest BCUT2D eigenvalue weighted by molar-refractivity contribution is -0.125. The fourth-order valence-corrected chi connectivity index (χ4v) is 4.17. The first kappa shape index (κ1) is 31.0. The number of amides is 2. The van der Waals surface area contributed by atoms with E-state index in [0.29, 0.717) is 40.8 Å². The van der Waals surface area contributed by atoms with Crippen molar-refractivity contribution in [2.24, 2.45) is 0 Å². The molecule has 0 saturated heterocycles. The number of hydrogen-bond donors (Lipinski definition) is 2. The van der Waals surface area contributed by atoms with Crippen LogP contribution in [0.2, 0.25) is 0 Å². The molecule has 3 N–H and O–H groups in total. The van der Waals surface area contributed by atoms with Crippen molar-refractivity contribution in [1.82, 2.24) is 29.2 Å². The first-order valence-corrected chi connectivity index (χ1v) is 13.8. The molecule has 0 aliphatic heterocycles. The highest BCUT2D eigenvalue weighted by Gasteiger charge is 2.19. The largest absolute Gasteiger partial charge is 0.382 e. The number of pyridine rings is 1. The van der Waals surface area contributed by atoms with Gasteiger partial charge in [-0.1, -0.05) is 45.4 Å². The van der Waals surface area contributed by atoms with Crippen LogP contribution in [0.15, 0.2) is 67.1 Å². The molecule has 0 radical (unpaired) electrons. The van der Waals surface area contributed by atoms with Crippen molar-refractivity contribution in [1.29, 1.82) is 0 Å². The minimum atomic E-state index is -0.248. The van der Waals surface area contributed by atoms with E-state index < -0.39 is 0 Å². The number of hydrogen-bond acceptors (Lipinski definition) is 7. The second-order valence-electron chi connectivity index (χ2n) is 9.60. The Morgan fingerprint density at radius 3 is 2.46 bits per heavy atom. The summed E-state index contributed by atoms with van der Waals surface area (Å²) in [4.78, 5) is 42.3. The Bertz CT molecular complexity index is 1490. The molecule has 1 aromatic carbocycles. The Balaban J connectivity index is 0.00000226. The number of aryl methyl sites for hydroxylation is 1. The number of likely N-dealkylation sites (N-methyl/N-ethyl adjacent to an activating group) is 2. The van der Waals surface area contributed by atoms with Crippen LogP contribution in [-0.4, -0.2) is 68.7 Å². The molecule has 0 atom stereocenters. The summed E-state index contributed by atoms with van der Waals surface area (Å²) < 4.78 is 1.85. The summed E-state index contributed by atoms with van der Waals surface area (Å²) in [5.41, 5.74) is 9.92. The van der Waals surface area contributed by atoms with Gasteiger partial charge < -0.3 is 20.9 Å². The number of aromatic nitrogens is 4. The van der Waals surface area contributed by atoms with Crippen molar-refractivity contribution in [3.05, 3.63) is 84.1 Å². The average molecular weight is 557 g/mol. The molecule has 3 aromatic heterocycles. The van der Waals surface area contributed by atoms with E-state index in [-0.39, 0.29) is 18.4 Å². The molecule has 0 saturated carbocycles. The van der Waals surface area contributed by atoms with Gasteiger partial charge in [-0.05, 0) is 50.3 Å². The molecule has 0 spiro atoms. The number of anilines is 2. The number of fused-ring (bicyclic) bond motifs is 1. The number of nitrogen functional groups attached to an aromatic ring is 1. The summed E-state index contributed by atoms with van der Waals surface area (Å²) in [6.45, 7) is 7.06. The molecule has 0 aliphatic rings. The minimum absolute atomic E-state index is 0.123. The number of nitrogens with zero attached hydrogens (tertiary/aromatic N) is 6. The van der Waals surface area contributed by atoms with Gasteiger partial charge in [-0.15, -0.1) is 0 Å². The number of nitrogens with one attached hydrogen (secondary N) is 1. The topological polar surface area (TPSA) is 122 Å². The third-order valence-corrected chi connectivity index (χ3v) is 6.17. The van der Waals surface area contributed by atoms with Gasteiger partial charge in [0.15, 0.2) is 0 Å². The molecule has 4 rings (SSSR count). The SMILES string of the molecule is CC.CCCc1ccnc(NC(=O)c2ccc(-c3nc(CN(C)C(=O)/C=C/CN(C)C)n4ccnc(N)c34)cc2)c1. The van der Waals surface area contributed by atoms with E-state index >= 15 is 0 Å². The second-order valence-corrected chi connectivity index (χ2v) is 9.60. The van der Waals surface area contributed by atoms with Gasteiger partial charge in [-0.2, -0.15) is 0 Å². The molecule has 0 bridgehead atoms. The maximum absolute atomic E-state index is 12.9. The van der Waals surface area contributed by atoms with Crippen molar-refractivity contribution in [3.8, 4) is 11.3 Å². The van der Waals surface area contributed by atoms with Gasteiger partial charge in [0.2, 0.25) is 5.91 Å². The highest BCUT2D eigenvalue weighted by Crippen LogP contribution is 2.29. The van der Waals surface area contributed by atoms with Gasteiger partial charge in [0.1, 0.15) is 28.7 Å². The van der Waals surface area contributed by atoms with Crippen LogP contribution in [0.1, 0.15) is 48.9 Å². The van der Waals surface area contributed by atoms with Crippen LogP contribution in [0.3, 0.4) is 0 Å². The number of rotatable bonds is 10. The van der Waals surface area contributed by atoms with E-state index in [2.05, 4.69) is 22.2 Å². The van der Waals surface area contributed by atoms with Crippen LogP contribution in [0, 0.1) is 0 Å². The van der Waals surface area contributed by atoms with Crippen LogP contribution in [0.25, 0.3) is 16.8 Å². The van der Waals surface area contributed by atoms with E-state index in [4.69, 9.17) is 10.7 Å². The third-order valence-electron chi connectivity index (χ3n) is 6.17. The Hall–Kier alpha value is -4.57. The Morgan fingerprint density at radius 2 is 1.78 bits per heavy atom. The molecule has 4 aromatic rings. The van der Waals surface area contributed by atoms with Crippen molar-refractivity contribution >= 4 is 29.0 Å². The average Bonchev–Trinajstić information content (AvgIpc) is 3.33. The van der Waals surface area contributed by atoms with E-state index in [9.17, 15) is 9.59 Å². The zero-order valence-electron chi connectivity index (χ0n) is 24.8. The maximum Gasteiger partial charge on any atom is 0.256 e. The summed E-state index contributed by atoms with van der Waals surface area (Å²) in [5.74, 6) is 1.12. The van der Waals surface area contributed by atoms with Gasteiger partial charge in [-0.3, -0.25) is 14.0 Å². The lowest BCUT2D eigenvalue weighted by atomic mass is 10.1. The zero-order chi connectivity index (χ0) is 29.9. The van der Waals surface area contributed by atoms with Crippen molar-refractivity contribution < 1.29 is 9.59 Å². The fourth-order valence-electron chi connectivity index (χ4n) is 4.17. The molecule has 10 nitrogen and oxygen atoms in total. The standard InChI is InChI=1S/C29H34N8O2.C2H6/c1-5-7-20-13-14-31-23(18-20)33-29(39)22-11-9-21(10-12-22)26-27-28(30)32-15-17-37(27)24(34-26)19-36(4)25(38)8-6-16-35(2)3;1-2/h6,8-15,17-18H,5,7,16,19H2,1-4H3,(H2,30,32)(H,31,33,39);1-2H3/b8-6+;. The number of carbonyl (C=O) groups excluding carboxylic acids is 2. The number of carbonyl (C=O) groups is 2. The molecule has 0 unspecified atom stereocenters. The fraction of sp³-hybridized carbons (Fsp3) is 0.323. The van der Waals surface area contributed by atoms with Crippen LogP contribution in [0.5, 0.6) is 0 Å². The van der Waals surface area contributed by atoms with E-state index in [1.165, 1.54) is 0 Å². The van der Waals surface area contributed by atoms with Crippen molar-refractivity contribution in [2.45, 2.75) is 40.2 Å². The van der Waals surface area contributed by atoms with Crippen LogP contribution in [-0.2, 0) is 17.8 Å². The number of nitrogens with two attached hydrogens (primary N) is 1. The lowest BCUT2D eigenvalue weighted by Crippen LogP contribution is -2.25. The number of imidazole rings is 1. The van der Waals surface area contributed by atoms with Crippen molar-refractivity contribution in [3.63, 3.8) is 0 Å². The van der Waals surface area contributed by atoms with E-state index in [1.54, 1.807) is 48.7 Å². The van der Waals surface area contributed by atoms with E-state index in [1.807, 2.05) is 67.6 Å². The first-order chi connectivity index (χ1) is 19.8. The quantitative estimate of drug-likeness (QED) is 0.272. The van der Waals surface area contributed by atoms with Crippen molar-refractivity contribution in [2.75, 3.05) is 38.7 Å².